The van der Waals surface area contributed by atoms with E-state index in [2.05, 4.69) is 39.0 Å². The van der Waals surface area contributed by atoms with E-state index in [1.54, 1.807) is 0 Å². The van der Waals surface area contributed by atoms with Gasteiger partial charge < -0.3 is 0 Å². The van der Waals surface area contributed by atoms with Gasteiger partial charge in [0, 0.05) is 12.0 Å². The Morgan fingerprint density at radius 2 is 1.53 bits per heavy atom. The van der Waals surface area contributed by atoms with Crippen molar-refractivity contribution in [3.05, 3.63) is 69.8 Å². The number of benzene rings is 2. The Bertz CT molecular complexity index is 624. The summed E-state index contributed by atoms with van der Waals surface area (Å²) in [6.45, 7) is 8.23. The minimum absolute atomic E-state index is 0.191. The SMILES string of the molecule is Cc1ccc(C)c(CC(=O)c2ccc(C)c(C)c2)c1. The van der Waals surface area contributed by atoms with Crippen LogP contribution in [-0.4, -0.2) is 5.78 Å². The molecule has 2 aromatic carbocycles. The van der Waals surface area contributed by atoms with Crippen molar-refractivity contribution in [2.75, 3.05) is 0 Å². The smallest absolute Gasteiger partial charge is 0.167 e. The second-order valence-corrected chi connectivity index (χ2v) is 5.33. The lowest BCUT2D eigenvalue weighted by molar-refractivity contribution is 0.0992. The van der Waals surface area contributed by atoms with E-state index in [0.717, 1.165) is 11.1 Å². The molecule has 0 aliphatic carbocycles. The molecule has 0 aliphatic heterocycles. The first kappa shape index (κ1) is 13.5. The molecule has 2 aromatic rings. The zero-order valence-electron chi connectivity index (χ0n) is 12.1. The Morgan fingerprint density at radius 3 is 2.21 bits per heavy atom. The first-order valence-corrected chi connectivity index (χ1v) is 6.64. The third-order valence-corrected chi connectivity index (χ3v) is 3.68. The van der Waals surface area contributed by atoms with Gasteiger partial charge in [0.2, 0.25) is 0 Å². The van der Waals surface area contributed by atoms with Gasteiger partial charge in [0.25, 0.3) is 0 Å². The minimum atomic E-state index is 0.191. The van der Waals surface area contributed by atoms with Crippen molar-refractivity contribution in [3.8, 4) is 0 Å². The van der Waals surface area contributed by atoms with E-state index in [1.165, 1.54) is 22.3 Å². The van der Waals surface area contributed by atoms with Crippen molar-refractivity contribution in [1.29, 1.82) is 0 Å². The average Bonchev–Trinajstić information content (AvgIpc) is 2.37. The molecule has 0 atom stereocenters. The summed E-state index contributed by atoms with van der Waals surface area (Å²) >= 11 is 0. The largest absolute Gasteiger partial charge is 0.294 e. The van der Waals surface area contributed by atoms with Crippen LogP contribution < -0.4 is 0 Å². The molecule has 0 amide bonds. The summed E-state index contributed by atoms with van der Waals surface area (Å²) in [7, 11) is 0. The Labute approximate surface area is 115 Å². The zero-order valence-corrected chi connectivity index (χ0v) is 12.1. The molecule has 0 radical (unpaired) electrons. The number of ketones is 1. The predicted octanol–water partition coefficient (Wildman–Crippen LogP) is 4.35. The van der Waals surface area contributed by atoms with E-state index in [4.69, 9.17) is 0 Å². The van der Waals surface area contributed by atoms with Gasteiger partial charge in [-0.15, -0.1) is 0 Å². The Balaban J connectivity index is 2.25. The van der Waals surface area contributed by atoms with Crippen LogP contribution in [0.3, 0.4) is 0 Å². The van der Waals surface area contributed by atoms with Crippen molar-refractivity contribution >= 4 is 5.78 Å². The molecule has 98 valence electrons. The van der Waals surface area contributed by atoms with Crippen LogP contribution in [0.25, 0.3) is 0 Å². The summed E-state index contributed by atoms with van der Waals surface area (Å²) < 4.78 is 0. The number of hydrogen-bond donors (Lipinski definition) is 0. The fourth-order valence-corrected chi connectivity index (χ4v) is 2.18. The van der Waals surface area contributed by atoms with E-state index < -0.39 is 0 Å². The number of Topliss-reactive ketones (excluding diaryl/α,β-unsaturated/α-hetero) is 1. The fourth-order valence-electron chi connectivity index (χ4n) is 2.18. The molecule has 0 heterocycles. The van der Waals surface area contributed by atoms with Gasteiger partial charge in [0.05, 0.1) is 0 Å². The number of rotatable bonds is 3. The van der Waals surface area contributed by atoms with Crippen LogP contribution in [0.4, 0.5) is 0 Å². The lowest BCUT2D eigenvalue weighted by Crippen LogP contribution is -2.05. The van der Waals surface area contributed by atoms with Gasteiger partial charge in [0.15, 0.2) is 5.78 Å². The summed E-state index contributed by atoms with van der Waals surface area (Å²) in [6.07, 6.45) is 0.482. The maximum Gasteiger partial charge on any atom is 0.167 e. The molecule has 0 N–H and O–H groups in total. The number of hydrogen-bond acceptors (Lipinski definition) is 1. The molecular weight excluding hydrogens is 232 g/mol. The summed E-state index contributed by atoms with van der Waals surface area (Å²) in [5.41, 5.74) is 6.72. The minimum Gasteiger partial charge on any atom is -0.294 e. The highest BCUT2D eigenvalue weighted by molar-refractivity contribution is 5.97. The summed E-state index contributed by atoms with van der Waals surface area (Å²) in [4.78, 5) is 12.3. The summed E-state index contributed by atoms with van der Waals surface area (Å²) in [6, 6.07) is 12.2. The second kappa shape index (κ2) is 5.40. The topological polar surface area (TPSA) is 17.1 Å². The fraction of sp³-hybridized carbons (Fsp3) is 0.278. The monoisotopic (exact) mass is 252 g/mol. The number of carbonyl (C=O) groups excluding carboxylic acids is 1. The van der Waals surface area contributed by atoms with Gasteiger partial charge in [-0.1, -0.05) is 35.9 Å². The van der Waals surface area contributed by atoms with Crippen molar-refractivity contribution < 1.29 is 4.79 Å². The molecule has 19 heavy (non-hydrogen) atoms. The van der Waals surface area contributed by atoms with E-state index in [1.807, 2.05) is 25.1 Å². The van der Waals surface area contributed by atoms with Crippen molar-refractivity contribution in [2.45, 2.75) is 34.1 Å². The van der Waals surface area contributed by atoms with Crippen molar-refractivity contribution in [2.24, 2.45) is 0 Å². The molecule has 2 rings (SSSR count). The van der Waals surface area contributed by atoms with E-state index in [0.29, 0.717) is 6.42 Å². The maximum atomic E-state index is 12.3. The average molecular weight is 252 g/mol. The van der Waals surface area contributed by atoms with Crippen molar-refractivity contribution in [3.63, 3.8) is 0 Å². The summed E-state index contributed by atoms with van der Waals surface area (Å²) in [5, 5.41) is 0. The maximum absolute atomic E-state index is 12.3. The standard InChI is InChI=1S/C18H20O/c1-12-5-6-14(3)17(9-12)11-18(19)16-8-7-13(2)15(4)10-16/h5-10H,11H2,1-4H3. The molecule has 0 saturated carbocycles. The Hall–Kier alpha value is -1.89. The van der Waals surface area contributed by atoms with Gasteiger partial charge >= 0.3 is 0 Å². The number of carbonyl (C=O) groups is 1. The van der Waals surface area contributed by atoms with Crippen LogP contribution in [0.15, 0.2) is 36.4 Å². The number of aryl methyl sites for hydroxylation is 4. The van der Waals surface area contributed by atoms with Crippen LogP contribution in [-0.2, 0) is 6.42 Å². The molecule has 0 saturated heterocycles. The Kier molecular flexibility index (Phi) is 3.84. The van der Waals surface area contributed by atoms with Gasteiger partial charge in [-0.05, 0) is 56.0 Å². The van der Waals surface area contributed by atoms with Crippen molar-refractivity contribution in [1.82, 2.24) is 0 Å². The molecule has 0 aromatic heterocycles. The molecule has 1 nitrogen and oxygen atoms in total. The van der Waals surface area contributed by atoms with E-state index >= 15 is 0 Å². The van der Waals surface area contributed by atoms with Gasteiger partial charge in [-0.25, -0.2) is 0 Å². The van der Waals surface area contributed by atoms with Crippen LogP contribution in [0.5, 0.6) is 0 Å². The third-order valence-electron chi connectivity index (χ3n) is 3.68. The van der Waals surface area contributed by atoms with Crippen LogP contribution in [0.1, 0.15) is 38.2 Å². The lowest BCUT2D eigenvalue weighted by Gasteiger charge is -2.08. The molecule has 0 aliphatic rings. The normalized spacial score (nSPS) is 10.5. The van der Waals surface area contributed by atoms with Gasteiger partial charge in [0.1, 0.15) is 0 Å². The third kappa shape index (κ3) is 3.11. The highest BCUT2D eigenvalue weighted by Crippen LogP contribution is 2.16. The summed E-state index contributed by atoms with van der Waals surface area (Å²) in [5.74, 6) is 0.191. The van der Waals surface area contributed by atoms with E-state index in [9.17, 15) is 4.79 Å². The predicted molar refractivity (Wildman–Crippen MR) is 79.9 cm³/mol. The molecule has 0 spiro atoms. The molecular formula is C18H20O. The molecule has 0 fully saturated rings. The highest BCUT2D eigenvalue weighted by Gasteiger charge is 2.09. The molecule has 0 bridgehead atoms. The first-order valence-electron chi connectivity index (χ1n) is 6.64. The van der Waals surface area contributed by atoms with E-state index in [-0.39, 0.29) is 5.78 Å². The van der Waals surface area contributed by atoms with Crippen LogP contribution in [0, 0.1) is 27.7 Å². The molecule has 0 unspecified atom stereocenters. The van der Waals surface area contributed by atoms with Gasteiger partial charge in [-0.2, -0.15) is 0 Å². The lowest BCUT2D eigenvalue weighted by atomic mass is 9.96. The molecule has 1 heteroatoms. The van der Waals surface area contributed by atoms with Gasteiger partial charge in [-0.3, -0.25) is 4.79 Å². The quantitative estimate of drug-likeness (QED) is 0.742. The highest BCUT2D eigenvalue weighted by atomic mass is 16.1. The van der Waals surface area contributed by atoms with Crippen LogP contribution in [0.2, 0.25) is 0 Å². The zero-order chi connectivity index (χ0) is 14.0. The Morgan fingerprint density at radius 1 is 0.842 bits per heavy atom. The van der Waals surface area contributed by atoms with Crippen LogP contribution >= 0.6 is 0 Å². The second-order valence-electron chi connectivity index (χ2n) is 5.33. The first-order chi connectivity index (χ1) is 8.97.